The van der Waals surface area contributed by atoms with E-state index in [1.54, 1.807) is 6.07 Å². The molecule has 1 atom stereocenters. The topological polar surface area (TPSA) is 78.2 Å². The molecule has 2 aliphatic rings. The van der Waals surface area contributed by atoms with Gasteiger partial charge >= 0.3 is 0 Å². The summed E-state index contributed by atoms with van der Waals surface area (Å²) in [5.74, 6) is 1.06. The zero-order valence-corrected chi connectivity index (χ0v) is 14.2. The van der Waals surface area contributed by atoms with Crippen molar-refractivity contribution in [3.63, 3.8) is 0 Å². The monoisotopic (exact) mass is 341 g/mol. The fraction of sp³-hybridized carbons (Fsp3) is 0.474. The number of benzene rings is 1. The summed E-state index contributed by atoms with van der Waals surface area (Å²) in [6, 6.07) is 9.05. The van der Waals surface area contributed by atoms with Crippen LogP contribution < -0.4 is 10.3 Å². The number of aromatic amines is 2. The van der Waals surface area contributed by atoms with E-state index in [2.05, 4.69) is 10.2 Å². The van der Waals surface area contributed by atoms with Gasteiger partial charge in [-0.3, -0.25) is 14.7 Å². The molecule has 0 spiro atoms. The van der Waals surface area contributed by atoms with Gasteiger partial charge < -0.3 is 14.7 Å². The number of carbonyl (C=O) groups excluding carboxylic acids is 1. The summed E-state index contributed by atoms with van der Waals surface area (Å²) in [7, 11) is 0. The van der Waals surface area contributed by atoms with Gasteiger partial charge in [-0.15, -0.1) is 0 Å². The molecule has 132 valence electrons. The van der Waals surface area contributed by atoms with Gasteiger partial charge in [-0.25, -0.2) is 0 Å². The van der Waals surface area contributed by atoms with Crippen molar-refractivity contribution in [3.8, 4) is 5.75 Å². The summed E-state index contributed by atoms with van der Waals surface area (Å²) in [5.41, 5.74) is 1.43. The first kappa shape index (κ1) is 16.0. The summed E-state index contributed by atoms with van der Waals surface area (Å²) in [6.07, 6.45) is 5.91. The van der Waals surface area contributed by atoms with Gasteiger partial charge in [0, 0.05) is 36.3 Å². The number of likely N-dealkylation sites (tertiary alicyclic amines) is 1. The van der Waals surface area contributed by atoms with E-state index >= 15 is 0 Å². The molecule has 4 rings (SSSR count). The molecular formula is C19H23N3O3. The number of hydrogen-bond donors (Lipinski definition) is 2. The zero-order chi connectivity index (χ0) is 17.2. The van der Waals surface area contributed by atoms with Crippen LogP contribution in [0.3, 0.4) is 0 Å². The Kier molecular flexibility index (Phi) is 4.34. The molecule has 1 aliphatic carbocycles. The number of aromatic nitrogens is 2. The van der Waals surface area contributed by atoms with Crippen LogP contribution in [0, 0.1) is 0 Å². The Hall–Kier alpha value is -2.50. The van der Waals surface area contributed by atoms with Crippen LogP contribution in [0.1, 0.15) is 54.1 Å². The molecule has 1 aliphatic heterocycles. The van der Waals surface area contributed by atoms with Crippen LogP contribution in [-0.2, 0) is 0 Å². The lowest BCUT2D eigenvalue weighted by Gasteiger charge is -2.17. The van der Waals surface area contributed by atoms with Gasteiger partial charge in [-0.1, -0.05) is 0 Å². The predicted octanol–water partition coefficient (Wildman–Crippen LogP) is 2.65. The molecule has 1 saturated carbocycles. The van der Waals surface area contributed by atoms with E-state index in [0.29, 0.717) is 24.8 Å². The second-order valence-corrected chi connectivity index (χ2v) is 7.00. The molecule has 6 heteroatoms. The van der Waals surface area contributed by atoms with E-state index in [0.717, 1.165) is 30.7 Å². The van der Waals surface area contributed by atoms with Crippen LogP contribution >= 0.6 is 0 Å². The lowest BCUT2D eigenvalue weighted by atomic mass is 10.1. The van der Waals surface area contributed by atoms with Crippen LogP contribution in [0.15, 0.2) is 35.1 Å². The lowest BCUT2D eigenvalue weighted by molar-refractivity contribution is 0.0790. The quantitative estimate of drug-likeness (QED) is 0.897. The van der Waals surface area contributed by atoms with E-state index in [9.17, 15) is 9.59 Å². The third-order valence-corrected chi connectivity index (χ3v) is 5.24. The number of carbonyl (C=O) groups is 1. The molecule has 2 heterocycles. The number of rotatable bonds is 4. The molecule has 2 fully saturated rings. The molecule has 0 bridgehead atoms. The summed E-state index contributed by atoms with van der Waals surface area (Å²) < 4.78 is 5.95. The number of amides is 1. The molecule has 1 amide bonds. The van der Waals surface area contributed by atoms with Gasteiger partial charge in [0.2, 0.25) is 0 Å². The van der Waals surface area contributed by atoms with Gasteiger partial charge in [0.1, 0.15) is 5.75 Å². The Morgan fingerprint density at radius 2 is 1.84 bits per heavy atom. The molecule has 2 N–H and O–H groups in total. The van der Waals surface area contributed by atoms with E-state index in [1.165, 1.54) is 12.8 Å². The SMILES string of the molecule is O=C(c1ccc(OC2CCCC2)cc1)N1CCC(c2cc(=O)[nH][nH]2)C1. The Morgan fingerprint density at radius 1 is 1.08 bits per heavy atom. The highest BCUT2D eigenvalue weighted by molar-refractivity contribution is 5.94. The Balaban J connectivity index is 1.38. The highest BCUT2D eigenvalue weighted by Crippen LogP contribution is 2.27. The van der Waals surface area contributed by atoms with Gasteiger partial charge in [-0.05, 0) is 56.4 Å². The molecular weight excluding hydrogens is 318 g/mol. The van der Waals surface area contributed by atoms with Gasteiger partial charge in [0.05, 0.1) is 6.10 Å². The van der Waals surface area contributed by atoms with Crippen molar-refractivity contribution in [3.05, 3.63) is 51.9 Å². The minimum atomic E-state index is -0.127. The molecule has 1 unspecified atom stereocenters. The summed E-state index contributed by atoms with van der Waals surface area (Å²) in [6.45, 7) is 1.34. The van der Waals surface area contributed by atoms with Crippen molar-refractivity contribution in [2.75, 3.05) is 13.1 Å². The van der Waals surface area contributed by atoms with Gasteiger partial charge in [0.25, 0.3) is 11.5 Å². The van der Waals surface area contributed by atoms with Crippen molar-refractivity contribution in [1.82, 2.24) is 15.1 Å². The summed E-state index contributed by atoms with van der Waals surface area (Å²) in [4.78, 5) is 25.8. The van der Waals surface area contributed by atoms with Crippen LogP contribution in [0.25, 0.3) is 0 Å². The zero-order valence-electron chi connectivity index (χ0n) is 14.2. The fourth-order valence-corrected chi connectivity index (χ4v) is 3.82. The van der Waals surface area contributed by atoms with Crippen LogP contribution in [-0.4, -0.2) is 40.2 Å². The normalized spacial score (nSPS) is 21.0. The molecule has 25 heavy (non-hydrogen) atoms. The van der Waals surface area contributed by atoms with E-state index in [-0.39, 0.29) is 17.4 Å². The first-order valence-electron chi connectivity index (χ1n) is 9.02. The molecule has 2 aromatic rings. The average Bonchev–Trinajstić information content (AvgIpc) is 3.36. The summed E-state index contributed by atoms with van der Waals surface area (Å²) in [5, 5.41) is 5.46. The Morgan fingerprint density at radius 3 is 2.52 bits per heavy atom. The number of ether oxygens (including phenoxy) is 1. The fourth-order valence-electron chi connectivity index (χ4n) is 3.82. The van der Waals surface area contributed by atoms with Crippen molar-refractivity contribution in [2.24, 2.45) is 0 Å². The molecule has 0 radical (unpaired) electrons. The third kappa shape index (κ3) is 3.48. The highest BCUT2D eigenvalue weighted by Gasteiger charge is 2.29. The predicted molar refractivity (Wildman–Crippen MR) is 94.0 cm³/mol. The minimum absolute atomic E-state index is 0.0350. The Bertz CT molecular complexity index is 787. The van der Waals surface area contributed by atoms with Crippen molar-refractivity contribution >= 4 is 5.91 Å². The maximum atomic E-state index is 12.7. The number of nitrogens with zero attached hydrogens (tertiary/aromatic N) is 1. The van der Waals surface area contributed by atoms with Crippen molar-refractivity contribution in [2.45, 2.75) is 44.1 Å². The highest BCUT2D eigenvalue weighted by atomic mass is 16.5. The molecule has 6 nitrogen and oxygen atoms in total. The summed E-state index contributed by atoms with van der Waals surface area (Å²) >= 11 is 0. The standard InChI is InChI=1S/C19H23N3O3/c23-18-11-17(20-21-18)14-9-10-22(12-14)19(24)13-5-7-16(8-6-13)25-15-3-1-2-4-15/h5-8,11,14-15H,1-4,9-10,12H2,(H2,20,21,23). The maximum absolute atomic E-state index is 12.7. The maximum Gasteiger partial charge on any atom is 0.264 e. The Labute approximate surface area is 146 Å². The first-order chi connectivity index (χ1) is 12.2. The average molecular weight is 341 g/mol. The molecule has 1 aromatic heterocycles. The van der Waals surface area contributed by atoms with Crippen molar-refractivity contribution in [1.29, 1.82) is 0 Å². The van der Waals surface area contributed by atoms with Crippen LogP contribution in [0.4, 0.5) is 0 Å². The lowest BCUT2D eigenvalue weighted by Crippen LogP contribution is -2.28. The van der Waals surface area contributed by atoms with Crippen LogP contribution in [0.5, 0.6) is 5.75 Å². The molecule has 1 saturated heterocycles. The smallest absolute Gasteiger partial charge is 0.264 e. The van der Waals surface area contributed by atoms with E-state index in [1.807, 2.05) is 29.2 Å². The van der Waals surface area contributed by atoms with E-state index < -0.39 is 0 Å². The van der Waals surface area contributed by atoms with Crippen LogP contribution in [0.2, 0.25) is 0 Å². The van der Waals surface area contributed by atoms with Crippen molar-refractivity contribution < 1.29 is 9.53 Å². The first-order valence-corrected chi connectivity index (χ1v) is 9.02. The molecule has 1 aromatic carbocycles. The minimum Gasteiger partial charge on any atom is -0.490 e. The third-order valence-electron chi connectivity index (χ3n) is 5.24. The van der Waals surface area contributed by atoms with Gasteiger partial charge in [0.15, 0.2) is 0 Å². The number of nitrogens with one attached hydrogen (secondary N) is 2. The number of hydrogen-bond acceptors (Lipinski definition) is 3. The second-order valence-electron chi connectivity index (χ2n) is 7.00. The largest absolute Gasteiger partial charge is 0.490 e. The number of H-pyrrole nitrogens is 2. The second kappa shape index (κ2) is 6.78. The van der Waals surface area contributed by atoms with E-state index in [4.69, 9.17) is 4.74 Å². The van der Waals surface area contributed by atoms with Gasteiger partial charge in [-0.2, -0.15) is 0 Å².